The smallest absolute Gasteiger partial charge is 0.198 e. The maximum Gasteiger partial charge on any atom is 0.198 e. The van der Waals surface area contributed by atoms with Gasteiger partial charge < -0.3 is 0 Å². The molecular weight excluding hydrogens is 253 g/mol. The monoisotopic (exact) mass is 254 g/mol. The van der Waals surface area contributed by atoms with E-state index in [9.17, 15) is 30.7 Å². The van der Waals surface area contributed by atoms with E-state index in [2.05, 4.69) is 0 Å². The maximum absolute atomic E-state index is 13.1. The van der Waals surface area contributed by atoms with E-state index >= 15 is 0 Å². The number of hydrogen-bond acceptors (Lipinski definition) is 0. The summed E-state index contributed by atoms with van der Waals surface area (Å²) < 4.78 is 90.3. The molecule has 0 heterocycles. The van der Waals surface area contributed by atoms with Gasteiger partial charge in [-0.2, -0.15) is 0 Å². The molecule has 2 aromatic rings. The highest BCUT2D eigenvalue weighted by molar-refractivity contribution is 5.84. The zero-order chi connectivity index (χ0) is 12.9. The van der Waals surface area contributed by atoms with Gasteiger partial charge in [0.25, 0.3) is 0 Å². The van der Waals surface area contributed by atoms with Gasteiger partial charge in [-0.05, 0) is 6.07 Å². The molecule has 0 unspecified atom stereocenters. The first-order valence-electron chi connectivity index (χ1n) is 4.15. The van der Waals surface area contributed by atoms with Crippen molar-refractivity contribution in [1.29, 1.82) is 0 Å². The van der Waals surface area contributed by atoms with Crippen LogP contribution in [-0.2, 0) is 0 Å². The summed E-state index contributed by atoms with van der Waals surface area (Å²) in [6, 6.07) is 0.0503. The molecule has 17 heavy (non-hydrogen) atoms. The van der Waals surface area contributed by atoms with Crippen molar-refractivity contribution in [3.63, 3.8) is 0 Å². The molecule has 2 aromatic carbocycles. The number of fused-ring (bicyclic) bond motifs is 1. The lowest BCUT2D eigenvalue weighted by atomic mass is 10.1. The van der Waals surface area contributed by atoms with E-state index in [1.165, 1.54) is 0 Å². The molecule has 0 bridgehead atoms. The summed E-state index contributed by atoms with van der Waals surface area (Å²) in [5.41, 5.74) is 0. The second-order valence-corrected chi connectivity index (χ2v) is 3.16. The van der Waals surface area contributed by atoms with Crippen LogP contribution in [0, 0.1) is 40.7 Å². The van der Waals surface area contributed by atoms with Gasteiger partial charge in [0.2, 0.25) is 0 Å². The Kier molecular flexibility index (Phi) is 2.48. The third kappa shape index (κ3) is 1.45. The van der Waals surface area contributed by atoms with E-state index in [-0.39, 0.29) is 6.07 Å². The molecular formula is C10HF7. The van der Waals surface area contributed by atoms with Crippen molar-refractivity contribution >= 4 is 10.8 Å². The Balaban J connectivity index is 3.12. The third-order valence-corrected chi connectivity index (χ3v) is 2.20. The van der Waals surface area contributed by atoms with Gasteiger partial charge in [-0.15, -0.1) is 0 Å². The molecule has 7 heteroatoms. The van der Waals surface area contributed by atoms with Crippen molar-refractivity contribution in [1.82, 2.24) is 0 Å². The Morgan fingerprint density at radius 2 is 1.00 bits per heavy atom. The number of rotatable bonds is 0. The second-order valence-electron chi connectivity index (χ2n) is 3.16. The molecule has 0 radical (unpaired) electrons. The maximum atomic E-state index is 13.1. The third-order valence-electron chi connectivity index (χ3n) is 2.20. The molecule has 0 saturated heterocycles. The van der Waals surface area contributed by atoms with Crippen LogP contribution < -0.4 is 0 Å². The molecule has 0 spiro atoms. The van der Waals surface area contributed by atoms with E-state index < -0.39 is 51.5 Å². The fourth-order valence-electron chi connectivity index (χ4n) is 1.40. The average molecular weight is 254 g/mol. The zero-order valence-corrected chi connectivity index (χ0v) is 7.72. The summed E-state index contributed by atoms with van der Waals surface area (Å²) in [6.07, 6.45) is 0. The quantitative estimate of drug-likeness (QED) is 0.381. The van der Waals surface area contributed by atoms with Crippen LogP contribution in [0.1, 0.15) is 0 Å². The SMILES string of the molecule is Fc1cc2c(F)c(F)c(F)c(F)c2c(F)c1F. The normalized spacial score (nSPS) is 11.2. The topological polar surface area (TPSA) is 0 Å². The van der Waals surface area contributed by atoms with Gasteiger partial charge in [-0.25, -0.2) is 30.7 Å². The lowest BCUT2D eigenvalue weighted by Gasteiger charge is -2.06. The molecule has 0 aliphatic heterocycles. The summed E-state index contributed by atoms with van der Waals surface area (Å²) in [5, 5.41) is -2.68. The summed E-state index contributed by atoms with van der Waals surface area (Å²) in [7, 11) is 0. The van der Waals surface area contributed by atoms with Gasteiger partial charge in [-0.1, -0.05) is 0 Å². The van der Waals surface area contributed by atoms with Gasteiger partial charge in [0.1, 0.15) is 0 Å². The molecule has 0 aliphatic rings. The molecule has 90 valence electrons. The summed E-state index contributed by atoms with van der Waals surface area (Å²) in [4.78, 5) is 0. The van der Waals surface area contributed by atoms with Crippen LogP contribution >= 0.6 is 0 Å². The van der Waals surface area contributed by atoms with E-state index in [4.69, 9.17) is 0 Å². The Morgan fingerprint density at radius 3 is 1.59 bits per heavy atom. The minimum atomic E-state index is -2.29. The van der Waals surface area contributed by atoms with E-state index in [1.54, 1.807) is 0 Å². The van der Waals surface area contributed by atoms with Crippen LogP contribution in [0.2, 0.25) is 0 Å². The molecule has 0 fully saturated rings. The van der Waals surface area contributed by atoms with Crippen molar-refractivity contribution in [2.75, 3.05) is 0 Å². The first kappa shape index (κ1) is 11.7. The molecule has 2 rings (SSSR count). The highest BCUT2D eigenvalue weighted by atomic mass is 19.2. The van der Waals surface area contributed by atoms with Gasteiger partial charge in [-0.3, -0.25) is 0 Å². The highest BCUT2D eigenvalue weighted by Gasteiger charge is 2.26. The summed E-state index contributed by atoms with van der Waals surface area (Å²) in [5.74, 6) is -14.7. The Bertz CT molecular complexity index is 625. The van der Waals surface area contributed by atoms with Crippen molar-refractivity contribution in [2.45, 2.75) is 0 Å². The molecule has 0 aromatic heterocycles. The van der Waals surface area contributed by atoms with Gasteiger partial charge in [0.05, 0.1) is 5.39 Å². The minimum absolute atomic E-state index is 0.0503. The predicted molar refractivity (Wildman–Crippen MR) is 43.7 cm³/mol. The Hall–Kier alpha value is -1.79. The molecule has 0 aliphatic carbocycles. The standard InChI is InChI=1S/C10HF7/c11-3-1-2-4(7(14)6(3)13)8(15)10(17)9(16)5(2)12/h1H. The van der Waals surface area contributed by atoms with Crippen LogP contribution in [-0.4, -0.2) is 0 Å². The number of hydrogen-bond donors (Lipinski definition) is 0. The van der Waals surface area contributed by atoms with Crippen molar-refractivity contribution in [3.8, 4) is 0 Å². The van der Waals surface area contributed by atoms with Crippen LogP contribution in [0.4, 0.5) is 30.7 Å². The van der Waals surface area contributed by atoms with Crippen LogP contribution in [0.3, 0.4) is 0 Å². The zero-order valence-electron chi connectivity index (χ0n) is 7.72. The van der Waals surface area contributed by atoms with Crippen molar-refractivity contribution < 1.29 is 30.7 Å². The van der Waals surface area contributed by atoms with Crippen molar-refractivity contribution in [3.05, 3.63) is 46.8 Å². The molecule has 0 N–H and O–H groups in total. The van der Waals surface area contributed by atoms with E-state index in [0.717, 1.165) is 0 Å². The second kappa shape index (κ2) is 3.61. The fraction of sp³-hybridized carbons (Fsp3) is 0. The average Bonchev–Trinajstić information content (AvgIpc) is 2.30. The minimum Gasteiger partial charge on any atom is -0.204 e. The van der Waals surface area contributed by atoms with Gasteiger partial charge in [0, 0.05) is 5.39 Å². The highest BCUT2D eigenvalue weighted by Crippen LogP contribution is 2.30. The van der Waals surface area contributed by atoms with E-state index in [1.807, 2.05) is 0 Å². The number of halogens is 7. The van der Waals surface area contributed by atoms with Gasteiger partial charge >= 0.3 is 0 Å². The molecule has 0 amide bonds. The lowest BCUT2D eigenvalue weighted by Crippen LogP contribution is -2.03. The first-order chi connectivity index (χ1) is 7.86. The van der Waals surface area contributed by atoms with Crippen LogP contribution in [0.25, 0.3) is 10.8 Å². The first-order valence-corrected chi connectivity index (χ1v) is 4.15. The molecule has 0 atom stereocenters. The Labute approximate surface area is 89.3 Å². The van der Waals surface area contributed by atoms with Crippen LogP contribution in [0.5, 0.6) is 0 Å². The summed E-state index contributed by atoms with van der Waals surface area (Å²) in [6.45, 7) is 0. The fourth-order valence-corrected chi connectivity index (χ4v) is 1.40. The Morgan fingerprint density at radius 1 is 0.529 bits per heavy atom. The van der Waals surface area contributed by atoms with Crippen molar-refractivity contribution in [2.24, 2.45) is 0 Å². The van der Waals surface area contributed by atoms with Gasteiger partial charge in [0.15, 0.2) is 40.7 Å². The van der Waals surface area contributed by atoms with E-state index in [0.29, 0.717) is 0 Å². The lowest BCUT2D eigenvalue weighted by molar-refractivity contribution is 0.410. The number of benzene rings is 2. The largest absolute Gasteiger partial charge is 0.204 e. The molecule has 0 saturated carbocycles. The predicted octanol–water partition coefficient (Wildman–Crippen LogP) is 3.81. The van der Waals surface area contributed by atoms with Crippen LogP contribution in [0.15, 0.2) is 6.07 Å². The molecule has 0 nitrogen and oxygen atoms in total. The summed E-state index contributed by atoms with van der Waals surface area (Å²) >= 11 is 0.